The second-order valence-electron chi connectivity index (χ2n) is 19.6. The number of hydrogen-bond donors (Lipinski definition) is 0. The first-order valence-corrected chi connectivity index (χ1v) is 24.4. The van der Waals surface area contributed by atoms with Gasteiger partial charge in [-0.25, -0.2) is 4.84 Å². The van der Waals surface area contributed by atoms with E-state index >= 15 is 0 Å². The van der Waals surface area contributed by atoms with Gasteiger partial charge in [0.2, 0.25) is 11.9 Å². The number of alkyl halides is 24. The highest BCUT2D eigenvalue weighted by atomic mass is 19.4. The Bertz CT molecular complexity index is 3780. The van der Waals surface area contributed by atoms with E-state index in [4.69, 9.17) is 4.84 Å². The van der Waals surface area contributed by atoms with E-state index in [0.717, 1.165) is 27.4 Å². The summed E-state index contributed by atoms with van der Waals surface area (Å²) in [7, 11) is 0. The summed E-state index contributed by atoms with van der Waals surface area (Å²) in [5.74, 6) is 0.880. The number of halogens is 24. The summed E-state index contributed by atoms with van der Waals surface area (Å²) in [6.45, 7) is 0. The molecular weight excluding hydrogens is 1210 g/mol. The summed E-state index contributed by atoms with van der Waals surface area (Å²) >= 11 is 0. The number of para-hydroxylation sites is 1. The van der Waals surface area contributed by atoms with Gasteiger partial charge in [0, 0.05) is 27.6 Å². The largest absolute Gasteiger partial charge is 0.416 e. The molecule has 0 aliphatic carbocycles. The minimum Gasteiger partial charge on any atom is -0.230 e. The molecule has 27 heteroatoms. The van der Waals surface area contributed by atoms with Crippen LogP contribution in [0.1, 0.15) is 44.5 Å². The third-order valence-corrected chi connectivity index (χ3v) is 14.0. The van der Waals surface area contributed by atoms with E-state index in [1.165, 1.54) is 21.5 Å². The predicted molar refractivity (Wildman–Crippen MR) is 269 cm³/mol. The van der Waals surface area contributed by atoms with Gasteiger partial charge < -0.3 is 0 Å². The van der Waals surface area contributed by atoms with Gasteiger partial charge in [-0.05, 0) is 76.1 Å². The van der Waals surface area contributed by atoms with E-state index in [2.05, 4.69) is 84.9 Å². The quantitative estimate of drug-likeness (QED) is 0.0700. The van der Waals surface area contributed by atoms with Crippen LogP contribution in [0.15, 0.2) is 182 Å². The SMILES string of the molecule is FC(F)(F)c1cc([B-](c2cc(C(F)(F)F)cc(C(F)(F)F)c2)(c2cc(C(F)(F)F)cc(C(F)(F)F)c2)c2cc(C(F)(F)F)cc(C(F)(F)F)c2)cc(C(F)(F)F)c1.c1ccc2cc3c(O[n+]4cccc5ccccc54)c4ccccc4cc3cc2c1. The Morgan fingerprint density at radius 2 is 0.535 bits per heavy atom. The highest BCUT2D eigenvalue weighted by Gasteiger charge is 2.47. The van der Waals surface area contributed by atoms with Gasteiger partial charge in [-0.2, -0.15) is 127 Å². The lowest BCUT2D eigenvalue weighted by Crippen LogP contribution is -2.75. The van der Waals surface area contributed by atoms with Gasteiger partial charge in [-0.3, -0.25) is 0 Å². The van der Waals surface area contributed by atoms with Crippen molar-refractivity contribution in [3.05, 3.63) is 227 Å². The number of hydrogen-bond acceptors (Lipinski definition) is 1. The van der Waals surface area contributed by atoms with Crippen molar-refractivity contribution in [1.82, 2.24) is 0 Å². The molecule has 0 saturated heterocycles. The van der Waals surface area contributed by atoms with E-state index in [1.807, 2.05) is 29.1 Å². The minimum absolute atomic E-state index is 0.691. The van der Waals surface area contributed by atoms with E-state index in [-0.39, 0.29) is 0 Å². The maximum absolute atomic E-state index is 14.2. The molecule has 10 aromatic rings. The fourth-order valence-corrected chi connectivity index (χ4v) is 10.2. The van der Waals surface area contributed by atoms with Crippen molar-refractivity contribution in [3.63, 3.8) is 0 Å². The fourth-order valence-electron chi connectivity index (χ4n) is 10.2. The third kappa shape index (κ3) is 12.5. The number of benzene rings is 9. The van der Waals surface area contributed by atoms with E-state index in [0.29, 0.717) is 0 Å². The molecule has 0 N–H and O–H groups in total. The van der Waals surface area contributed by atoms with Crippen molar-refractivity contribution in [3.8, 4) is 5.75 Å². The molecule has 0 aliphatic heterocycles. The van der Waals surface area contributed by atoms with Gasteiger partial charge in [0.15, 0.2) is 0 Å². The average Bonchev–Trinajstić information content (AvgIpc) is 0.811. The summed E-state index contributed by atoms with van der Waals surface area (Å²) in [4.78, 5) is 6.58. The fraction of sp³-hybridized carbons (Fsp3) is 0.136. The Morgan fingerprint density at radius 3 is 0.884 bits per heavy atom. The number of pyridine rings is 1. The summed E-state index contributed by atoms with van der Waals surface area (Å²) < 4.78 is 343. The van der Waals surface area contributed by atoms with Gasteiger partial charge in [0.1, 0.15) is 6.15 Å². The Labute approximate surface area is 466 Å². The summed E-state index contributed by atoms with van der Waals surface area (Å²) in [5, 5.41) is 8.16. The molecule has 0 amide bonds. The van der Waals surface area contributed by atoms with Crippen molar-refractivity contribution < 1.29 is 115 Å². The van der Waals surface area contributed by atoms with Crippen LogP contribution in [0.3, 0.4) is 0 Å². The monoisotopic (exact) mass is 1240 g/mol. The lowest BCUT2D eigenvalue weighted by Gasteiger charge is -2.46. The van der Waals surface area contributed by atoms with Crippen LogP contribution in [0.2, 0.25) is 0 Å². The maximum atomic E-state index is 14.2. The average molecular weight is 1240 g/mol. The van der Waals surface area contributed by atoms with Gasteiger partial charge in [0.05, 0.1) is 49.9 Å². The van der Waals surface area contributed by atoms with Crippen molar-refractivity contribution >= 4 is 71.2 Å². The molecule has 0 aliphatic rings. The molecule has 0 bridgehead atoms. The van der Waals surface area contributed by atoms with Crippen LogP contribution in [0.4, 0.5) is 105 Å². The van der Waals surface area contributed by atoms with Crippen LogP contribution >= 0.6 is 0 Å². The topological polar surface area (TPSA) is 13.1 Å². The Kier molecular flexibility index (Phi) is 15.4. The second-order valence-corrected chi connectivity index (χ2v) is 19.6. The minimum atomic E-state index is -6.13. The van der Waals surface area contributed by atoms with Gasteiger partial charge in [-0.15, -0.1) is 0 Å². The molecule has 9 aromatic carbocycles. The molecule has 0 unspecified atom stereocenters. The summed E-state index contributed by atoms with van der Waals surface area (Å²) in [6, 6.07) is 27.2. The van der Waals surface area contributed by atoms with Crippen LogP contribution in [0.5, 0.6) is 5.75 Å². The van der Waals surface area contributed by atoms with Crippen molar-refractivity contribution in [2.45, 2.75) is 49.4 Å². The zero-order chi connectivity index (χ0) is 63.1. The first-order chi connectivity index (χ1) is 39.6. The normalized spacial score (nSPS) is 13.3. The Morgan fingerprint density at radius 1 is 0.256 bits per heavy atom. The molecule has 0 saturated carbocycles. The molecule has 1 heterocycles. The highest BCUT2D eigenvalue weighted by molar-refractivity contribution is 7.20. The van der Waals surface area contributed by atoms with Crippen LogP contribution < -0.4 is 31.4 Å². The molecule has 0 fully saturated rings. The predicted octanol–water partition coefficient (Wildman–Crippen LogP) is 17.6. The maximum Gasteiger partial charge on any atom is 0.416 e. The van der Waals surface area contributed by atoms with Crippen molar-refractivity contribution in [2.24, 2.45) is 0 Å². The van der Waals surface area contributed by atoms with Gasteiger partial charge in [-0.1, -0.05) is 109 Å². The Hall–Kier alpha value is -8.65. The molecule has 0 atom stereocenters. The van der Waals surface area contributed by atoms with Gasteiger partial charge >= 0.3 is 49.4 Å². The lowest BCUT2D eigenvalue weighted by molar-refractivity contribution is -0.853. The van der Waals surface area contributed by atoms with E-state index in [1.54, 1.807) is 0 Å². The number of rotatable bonds is 6. The number of nitrogens with zero attached hydrogens (tertiary/aromatic N) is 1. The first kappa shape index (κ1) is 61.9. The molecule has 1 aromatic heterocycles. The molecule has 0 spiro atoms. The smallest absolute Gasteiger partial charge is 0.230 e. The van der Waals surface area contributed by atoms with Crippen molar-refractivity contribution in [1.29, 1.82) is 0 Å². The zero-order valence-electron chi connectivity index (χ0n) is 42.3. The molecular formula is C59H30BF24NO. The highest BCUT2D eigenvalue weighted by Crippen LogP contribution is 2.43. The van der Waals surface area contributed by atoms with E-state index < -0.39 is 195 Å². The summed E-state index contributed by atoms with van der Waals surface area (Å²) in [6.07, 6.45) is -52.8. The Balaban J connectivity index is 0.000000251. The van der Waals surface area contributed by atoms with Crippen LogP contribution in [0.25, 0.3) is 43.2 Å². The number of fused-ring (bicyclic) bond motifs is 4. The van der Waals surface area contributed by atoms with Gasteiger partial charge in [0.25, 0.3) is 5.52 Å². The molecule has 0 radical (unpaired) electrons. The van der Waals surface area contributed by atoms with E-state index in [9.17, 15) is 105 Å². The third-order valence-electron chi connectivity index (χ3n) is 14.0. The van der Waals surface area contributed by atoms with Crippen LogP contribution in [-0.4, -0.2) is 6.15 Å². The van der Waals surface area contributed by atoms with Crippen molar-refractivity contribution in [2.75, 3.05) is 0 Å². The first-order valence-electron chi connectivity index (χ1n) is 24.4. The standard InChI is InChI=1S/C32H12BF24.C27H18NO/c34-25(35,36)13-1-14(26(37,38)39)6-21(5-13)33(22-7-15(27(40,41)42)2-16(8-22)28(43,44)45,23-9-17(29(46,47)48)3-18(10-23)30(49,50)51)24-11-19(31(52,53)54)4-20(12-24)32(55,56)57;1-2-10-21-18-25-23(16-20(21)9-1)17-22-11-3-5-13-24(22)27(25)29-28-15-7-12-19-8-4-6-14-26(19)28/h1-12H;1-18H/q-1;+1. The molecule has 448 valence electrons. The number of aromatic nitrogens is 1. The van der Waals surface area contributed by atoms with Crippen LogP contribution in [-0.2, 0) is 49.4 Å². The zero-order valence-corrected chi connectivity index (χ0v) is 42.3. The van der Waals surface area contributed by atoms with Crippen LogP contribution in [0, 0.1) is 0 Å². The summed E-state index contributed by atoms with van der Waals surface area (Å²) in [5.41, 5.74) is -29.2. The second kappa shape index (κ2) is 21.4. The molecule has 10 rings (SSSR count). The molecule has 86 heavy (non-hydrogen) atoms. The lowest BCUT2D eigenvalue weighted by atomic mass is 9.12. The molecule has 2 nitrogen and oxygen atoms in total.